The van der Waals surface area contributed by atoms with Crippen LogP contribution in [-0.2, 0) is 5.41 Å². The molecule has 1 aliphatic carbocycles. The van der Waals surface area contributed by atoms with Crippen molar-refractivity contribution in [3.05, 3.63) is 35.4 Å². The first-order valence-electron chi connectivity index (χ1n) is 8.87. The van der Waals surface area contributed by atoms with Gasteiger partial charge in [-0.25, -0.2) is 0 Å². The van der Waals surface area contributed by atoms with Crippen LogP contribution in [0.5, 0.6) is 0 Å². The third kappa shape index (κ3) is 4.32. The molecule has 2 rings (SSSR count). The van der Waals surface area contributed by atoms with E-state index in [0.717, 1.165) is 12.5 Å². The zero-order valence-electron chi connectivity index (χ0n) is 14.4. The second-order valence-electron chi connectivity index (χ2n) is 7.67. The van der Waals surface area contributed by atoms with E-state index in [1.54, 1.807) is 5.56 Å². The average Bonchev–Trinajstić information content (AvgIpc) is 2.48. The lowest BCUT2D eigenvalue weighted by atomic mass is 9.75. The Hall–Kier alpha value is -0.820. The Balaban J connectivity index is 2.31. The predicted octanol–water partition coefficient (Wildman–Crippen LogP) is 5.61. The first-order chi connectivity index (χ1) is 10.0. The Labute approximate surface area is 131 Å². The molecule has 1 atom stereocenters. The molecular weight excluding hydrogens is 254 g/mol. The molecule has 1 unspecified atom stereocenters. The van der Waals surface area contributed by atoms with Crippen molar-refractivity contribution >= 4 is 0 Å². The molecular formula is C20H33N. The van der Waals surface area contributed by atoms with Gasteiger partial charge >= 0.3 is 0 Å². The molecule has 0 aromatic heterocycles. The van der Waals surface area contributed by atoms with E-state index >= 15 is 0 Å². The molecule has 1 saturated carbocycles. The summed E-state index contributed by atoms with van der Waals surface area (Å²) in [6, 6.07) is 9.65. The van der Waals surface area contributed by atoms with E-state index in [1.165, 1.54) is 44.1 Å². The monoisotopic (exact) mass is 287 g/mol. The fourth-order valence-corrected chi connectivity index (χ4v) is 3.75. The van der Waals surface area contributed by atoms with Crippen LogP contribution < -0.4 is 5.32 Å². The van der Waals surface area contributed by atoms with Gasteiger partial charge in [-0.2, -0.15) is 0 Å². The molecule has 1 N–H and O–H groups in total. The maximum absolute atomic E-state index is 3.87. The largest absolute Gasteiger partial charge is 0.310 e. The van der Waals surface area contributed by atoms with Crippen molar-refractivity contribution in [1.29, 1.82) is 0 Å². The lowest BCUT2D eigenvalue weighted by Crippen LogP contribution is -2.32. The van der Waals surface area contributed by atoms with E-state index in [9.17, 15) is 0 Å². The van der Waals surface area contributed by atoms with Crippen LogP contribution in [0, 0.1) is 5.92 Å². The van der Waals surface area contributed by atoms with Gasteiger partial charge in [-0.1, -0.05) is 71.2 Å². The van der Waals surface area contributed by atoms with E-state index in [1.807, 2.05) is 0 Å². The standard InChI is InChI=1S/C20H33N/c1-5-15-21-19(16-11-7-6-8-12-16)17-13-9-10-14-18(17)20(2,3)4/h9-10,13-14,16,19,21H,5-8,11-12,15H2,1-4H3. The number of rotatable bonds is 5. The first-order valence-corrected chi connectivity index (χ1v) is 8.87. The molecule has 1 aliphatic rings. The summed E-state index contributed by atoms with van der Waals surface area (Å²) in [6.07, 6.45) is 8.23. The van der Waals surface area contributed by atoms with Crippen LogP contribution in [0.3, 0.4) is 0 Å². The van der Waals surface area contributed by atoms with Gasteiger partial charge < -0.3 is 5.32 Å². The van der Waals surface area contributed by atoms with Crippen molar-refractivity contribution in [3.63, 3.8) is 0 Å². The van der Waals surface area contributed by atoms with Crippen molar-refractivity contribution in [1.82, 2.24) is 5.32 Å². The smallest absolute Gasteiger partial charge is 0.0351 e. The van der Waals surface area contributed by atoms with Gasteiger partial charge in [-0.3, -0.25) is 0 Å². The molecule has 1 aromatic rings. The molecule has 0 aliphatic heterocycles. The van der Waals surface area contributed by atoms with Crippen LogP contribution in [-0.4, -0.2) is 6.54 Å². The molecule has 118 valence electrons. The number of nitrogens with one attached hydrogen (secondary N) is 1. The Morgan fingerprint density at radius 2 is 1.76 bits per heavy atom. The van der Waals surface area contributed by atoms with E-state index in [0.29, 0.717) is 6.04 Å². The summed E-state index contributed by atoms with van der Waals surface area (Å²) in [5.41, 5.74) is 3.28. The van der Waals surface area contributed by atoms with Gasteiger partial charge in [0.05, 0.1) is 0 Å². The molecule has 1 nitrogen and oxygen atoms in total. The Morgan fingerprint density at radius 1 is 1.10 bits per heavy atom. The van der Waals surface area contributed by atoms with Gasteiger partial charge in [0.2, 0.25) is 0 Å². The molecule has 0 heterocycles. The average molecular weight is 287 g/mol. The van der Waals surface area contributed by atoms with Crippen molar-refractivity contribution in [2.45, 2.75) is 77.7 Å². The molecule has 21 heavy (non-hydrogen) atoms. The van der Waals surface area contributed by atoms with Crippen molar-refractivity contribution in [2.75, 3.05) is 6.54 Å². The summed E-state index contributed by atoms with van der Waals surface area (Å²) in [5.74, 6) is 0.814. The molecule has 0 saturated heterocycles. The fraction of sp³-hybridized carbons (Fsp3) is 0.700. The summed E-state index contributed by atoms with van der Waals surface area (Å²) >= 11 is 0. The predicted molar refractivity (Wildman–Crippen MR) is 92.8 cm³/mol. The lowest BCUT2D eigenvalue weighted by molar-refractivity contribution is 0.269. The van der Waals surface area contributed by atoms with Crippen LogP contribution >= 0.6 is 0 Å². The third-order valence-corrected chi connectivity index (χ3v) is 4.84. The number of hydrogen-bond acceptors (Lipinski definition) is 1. The van der Waals surface area contributed by atoms with Gasteiger partial charge in [0.25, 0.3) is 0 Å². The third-order valence-electron chi connectivity index (χ3n) is 4.84. The first kappa shape index (κ1) is 16.5. The minimum Gasteiger partial charge on any atom is -0.310 e. The van der Waals surface area contributed by atoms with E-state index < -0.39 is 0 Å². The molecule has 0 radical (unpaired) electrons. The van der Waals surface area contributed by atoms with Gasteiger partial charge in [-0.05, 0) is 48.3 Å². The van der Waals surface area contributed by atoms with Crippen LogP contribution in [0.1, 0.15) is 83.4 Å². The molecule has 1 aromatic carbocycles. The second kappa shape index (κ2) is 7.45. The highest BCUT2D eigenvalue weighted by Crippen LogP contribution is 2.38. The highest BCUT2D eigenvalue weighted by Gasteiger charge is 2.28. The summed E-state index contributed by atoms with van der Waals surface area (Å²) in [5, 5.41) is 3.87. The Kier molecular flexibility index (Phi) is 5.87. The van der Waals surface area contributed by atoms with Crippen LogP contribution in [0.2, 0.25) is 0 Å². The highest BCUT2D eigenvalue weighted by atomic mass is 14.9. The number of hydrogen-bond donors (Lipinski definition) is 1. The van der Waals surface area contributed by atoms with Gasteiger partial charge in [0.15, 0.2) is 0 Å². The SMILES string of the molecule is CCCNC(c1ccccc1C(C)(C)C)C1CCCCC1. The zero-order valence-corrected chi connectivity index (χ0v) is 14.4. The highest BCUT2D eigenvalue weighted by molar-refractivity contribution is 5.35. The molecule has 1 heteroatoms. The van der Waals surface area contributed by atoms with Crippen molar-refractivity contribution in [3.8, 4) is 0 Å². The van der Waals surface area contributed by atoms with Crippen LogP contribution in [0.4, 0.5) is 0 Å². The van der Waals surface area contributed by atoms with Gasteiger partial charge in [0, 0.05) is 6.04 Å². The van der Waals surface area contributed by atoms with Crippen LogP contribution in [0.25, 0.3) is 0 Å². The maximum atomic E-state index is 3.87. The van der Waals surface area contributed by atoms with E-state index in [-0.39, 0.29) is 5.41 Å². The molecule has 1 fully saturated rings. The Bertz CT molecular complexity index is 424. The second-order valence-corrected chi connectivity index (χ2v) is 7.67. The van der Waals surface area contributed by atoms with E-state index in [2.05, 4.69) is 57.3 Å². The quantitative estimate of drug-likeness (QED) is 0.742. The summed E-state index contributed by atoms with van der Waals surface area (Å²) in [7, 11) is 0. The van der Waals surface area contributed by atoms with Gasteiger partial charge in [-0.15, -0.1) is 0 Å². The summed E-state index contributed by atoms with van der Waals surface area (Å²) in [4.78, 5) is 0. The summed E-state index contributed by atoms with van der Waals surface area (Å²) < 4.78 is 0. The zero-order chi connectivity index (χ0) is 15.3. The number of benzene rings is 1. The van der Waals surface area contributed by atoms with E-state index in [4.69, 9.17) is 0 Å². The summed E-state index contributed by atoms with van der Waals surface area (Å²) in [6.45, 7) is 10.4. The minimum atomic E-state index is 0.220. The minimum absolute atomic E-state index is 0.220. The topological polar surface area (TPSA) is 12.0 Å². The fourth-order valence-electron chi connectivity index (χ4n) is 3.75. The van der Waals surface area contributed by atoms with Gasteiger partial charge in [0.1, 0.15) is 0 Å². The molecule has 0 amide bonds. The Morgan fingerprint density at radius 3 is 2.38 bits per heavy atom. The van der Waals surface area contributed by atoms with Crippen molar-refractivity contribution in [2.24, 2.45) is 5.92 Å². The lowest BCUT2D eigenvalue weighted by Gasteiger charge is -2.35. The van der Waals surface area contributed by atoms with Crippen molar-refractivity contribution < 1.29 is 0 Å². The normalized spacial score (nSPS) is 18.7. The van der Waals surface area contributed by atoms with Crippen LogP contribution in [0.15, 0.2) is 24.3 Å². The maximum Gasteiger partial charge on any atom is 0.0351 e. The molecule has 0 bridgehead atoms. The molecule has 0 spiro atoms.